The van der Waals surface area contributed by atoms with Gasteiger partial charge in [-0.25, -0.2) is 0 Å². The lowest BCUT2D eigenvalue weighted by molar-refractivity contribution is -0.129. The Morgan fingerprint density at radius 2 is 1.89 bits per heavy atom. The van der Waals surface area contributed by atoms with Gasteiger partial charge in [0, 0.05) is 43.8 Å². The Labute approximate surface area is 110 Å². The van der Waals surface area contributed by atoms with Crippen LogP contribution in [-0.4, -0.2) is 60.5 Å². The molecule has 0 aromatic rings. The van der Waals surface area contributed by atoms with Crippen molar-refractivity contribution in [3.05, 3.63) is 11.6 Å². The van der Waals surface area contributed by atoms with Crippen molar-refractivity contribution >= 4 is 5.91 Å². The fourth-order valence-electron chi connectivity index (χ4n) is 2.60. The lowest BCUT2D eigenvalue weighted by atomic mass is 10.0. The maximum atomic E-state index is 12.3. The standard InChI is InChI=1S/C14H25N3O/c1-14(2,3)17-10-8-16(9-11-17)13(18)12-4-6-15-7-5-12/h4,15H,5-11H2,1-3H3. The van der Waals surface area contributed by atoms with Gasteiger partial charge in [-0.05, 0) is 33.7 Å². The van der Waals surface area contributed by atoms with Crippen molar-refractivity contribution in [2.24, 2.45) is 0 Å². The number of hydrogen-bond acceptors (Lipinski definition) is 3. The maximum absolute atomic E-state index is 12.3. The minimum atomic E-state index is 0.211. The second-order valence-corrected chi connectivity index (χ2v) is 6.13. The van der Waals surface area contributed by atoms with Crippen LogP contribution >= 0.6 is 0 Å². The summed E-state index contributed by atoms with van der Waals surface area (Å²) in [5.41, 5.74) is 1.21. The fourth-order valence-corrected chi connectivity index (χ4v) is 2.60. The summed E-state index contributed by atoms with van der Waals surface area (Å²) < 4.78 is 0. The molecule has 1 N–H and O–H groups in total. The van der Waals surface area contributed by atoms with E-state index in [1.54, 1.807) is 0 Å². The average Bonchev–Trinajstić information content (AvgIpc) is 2.38. The number of nitrogens with one attached hydrogen (secondary N) is 1. The highest BCUT2D eigenvalue weighted by atomic mass is 16.2. The zero-order chi connectivity index (χ0) is 13.2. The van der Waals surface area contributed by atoms with Gasteiger partial charge in [0.25, 0.3) is 0 Å². The van der Waals surface area contributed by atoms with Gasteiger partial charge < -0.3 is 10.2 Å². The Kier molecular flexibility index (Phi) is 4.07. The molecule has 1 fully saturated rings. The molecule has 1 saturated heterocycles. The molecule has 2 aliphatic heterocycles. The summed E-state index contributed by atoms with van der Waals surface area (Å²) in [6.45, 7) is 12.2. The van der Waals surface area contributed by atoms with Gasteiger partial charge in [-0.15, -0.1) is 0 Å². The van der Waals surface area contributed by atoms with Gasteiger partial charge in [0.2, 0.25) is 5.91 Å². The van der Waals surface area contributed by atoms with E-state index in [1.807, 2.05) is 11.0 Å². The van der Waals surface area contributed by atoms with E-state index in [4.69, 9.17) is 0 Å². The van der Waals surface area contributed by atoms with E-state index >= 15 is 0 Å². The SMILES string of the molecule is CC(C)(C)N1CCN(C(=O)C2=CCNCC2)CC1. The van der Waals surface area contributed by atoms with Gasteiger partial charge in [0.05, 0.1) is 0 Å². The van der Waals surface area contributed by atoms with Gasteiger partial charge in [0.1, 0.15) is 0 Å². The molecule has 0 aromatic heterocycles. The van der Waals surface area contributed by atoms with E-state index in [0.29, 0.717) is 0 Å². The van der Waals surface area contributed by atoms with Crippen LogP contribution in [0.4, 0.5) is 0 Å². The molecule has 4 heteroatoms. The molecule has 1 amide bonds. The second-order valence-electron chi connectivity index (χ2n) is 6.13. The maximum Gasteiger partial charge on any atom is 0.249 e. The van der Waals surface area contributed by atoms with E-state index in [0.717, 1.165) is 51.3 Å². The summed E-state index contributed by atoms with van der Waals surface area (Å²) in [4.78, 5) is 16.8. The Balaban J connectivity index is 1.89. The molecule has 0 radical (unpaired) electrons. The van der Waals surface area contributed by atoms with Crippen LogP contribution in [-0.2, 0) is 4.79 Å². The molecule has 0 saturated carbocycles. The van der Waals surface area contributed by atoms with Gasteiger partial charge in [-0.1, -0.05) is 6.08 Å². The highest BCUT2D eigenvalue weighted by Crippen LogP contribution is 2.17. The number of amides is 1. The van der Waals surface area contributed by atoms with E-state index in [2.05, 4.69) is 31.0 Å². The van der Waals surface area contributed by atoms with Crippen molar-refractivity contribution < 1.29 is 4.79 Å². The molecule has 0 unspecified atom stereocenters. The van der Waals surface area contributed by atoms with Gasteiger partial charge >= 0.3 is 0 Å². The van der Waals surface area contributed by atoms with Crippen LogP contribution in [0.5, 0.6) is 0 Å². The first kappa shape index (κ1) is 13.6. The molecule has 0 spiro atoms. The Morgan fingerprint density at radius 3 is 2.39 bits per heavy atom. The van der Waals surface area contributed by atoms with Crippen LogP contribution in [0.3, 0.4) is 0 Å². The summed E-state index contributed by atoms with van der Waals surface area (Å²) in [5.74, 6) is 0.255. The van der Waals surface area contributed by atoms with Crippen molar-refractivity contribution in [1.29, 1.82) is 0 Å². The summed E-state index contributed by atoms with van der Waals surface area (Å²) in [5, 5.41) is 3.24. The predicted octanol–water partition coefficient (Wildman–Crippen LogP) is 0.849. The molecule has 0 atom stereocenters. The minimum Gasteiger partial charge on any atom is -0.336 e. The quantitative estimate of drug-likeness (QED) is 0.750. The second kappa shape index (κ2) is 5.41. The molecule has 102 valence electrons. The van der Waals surface area contributed by atoms with Crippen molar-refractivity contribution in [2.75, 3.05) is 39.3 Å². The molecule has 0 bridgehead atoms. The number of piperazine rings is 1. The number of hydrogen-bond donors (Lipinski definition) is 1. The van der Waals surface area contributed by atoms with E-state index < -0.39 is 0 Å². The van der Waals surface area contributed by atoms with Crippen LogP contribution in [0, 0.1) is 0 Å². The van der Waals surface area contributed by atoms with Gasteiger partial charge in [-0.2, -0.15) is 0 Å². The van der Waals surface area contributed by atoms with Gasteiger partial charge in [-0.3, -0.25) is 9.69 Å². The van der Waals surface area contributed by atoms with Crippen LogP contribution in [0.2, 0.25) is 0 Å². The molecule has 4 nitrogen and oxygen atoms in total. The highest BCUT2D eigenvalue weighted by molar-refractivity contribution is 5.93. The first-order valence-corrected chi connectivity index (χ1v) is 6.92. The summed E-state index contributed by atoms with van der Waals surface area (Å²) in [6, 6.07) is 0. The minimum absolute atomic E-state index is 0.211. The zero-order valence-corrected chi connectivity index (χ0v) is 11.8. The first-order valence-electron chi connectivity index (χ1n) is 6.92. The number of nitrogens with zero attached hydrogens (tertiary/aromatic N) is 2. The summed E-state index contributed by atoms with van der Waals surface area (Å²) >= 11 is 0. The third-order valence-corrected chi connectivity index (χ3v) is 3.85. The largest absolute Gasteiger partial charge is 0.336 e. The lowest BCUT2D eigenvalue weighted by Gasteiger charge is -2.42. The summed E-state index contributed by atoms with van der Waals surface area (Å²) in [6.07, 6.45) is 2.92. The van der Waals surface area contributed by atoms with Crippen LogP contribution in [0.15, 0.2) is 11.6 Å². The van der Waals surface area contributed by atoms with Crippen LogP contribution in [0.25, 0.3) is 0 Å². The molecule has 2 rings (SSSR count). The topological polar surface area (TPSA) is 35.6 Å². The third kappa shape index (κ3) is 3.12. The fraction of sp³-hybridized carbons (Fsp3) is 0.786. The third-order valence-electron chi connectivity index (χ3n) is 3.85. The van der Waals surface area contributed by atoms with Crippen LogP contribution < -0.4 is 5.32 Å². The van der Waals surface area contributed by atoms with E-state index in [-0.39, 0.29) is 11.4 Å². The predicted molar refractivity (Wildman–Crippen MR) is 73.5 cm³/mol. The molecule has 0 aromatic carbocycles. The van der Waals surface area contributed by atoms with Crippen LogP contribution in [0.1, 0.15) is 27.2 Å². The lowest BCUT2D eigenvalue weighted by Crippen LogP contribution is -2.55. The molecular weight excluding hydrogens is 226 g/mol. The average molecular weight is 251 g/mol. The smallest absolute Gasteiger partial charge is 0.249 e. The van der Waals surface area contributed by atoms with Crippen molar-refractivity contribution in [3.8, 4) is 0 Å². The number of carbonyl (C=O) groups is 1. The molecule has 2 aliphatic rings. The van der Waals surface area contributed by atoms with Gasteiger partial charge in [0.15, 0.2) is 0 Å². The first-order chi connectivity index (χ1) is 8.48. The molecular formula is C14H25N3O. The summed E-state index contributed by atoms with van der Waals surface area (Å²) in [7, 11) is 0. The molecule has 2 heterocycles. The number of rotatable bonds is 1. The Hall–Kier alpha value is -0.870. The Bertz CT molecular complexity index is 335. The van der Waals surface area contributed by atoms with E-state index in [9.17, 15) is 4.79 Å². The normalized spacial score (nSPS) is 22.8. The van der Waals surface area contributed by atoms with Crippen molar-refractivity contribution in [2.45, 2.75) is 32.7 Å². The monoisotopic (exact) mass is 251 g/mol. The van der Waals surface area contributed by atoms with E-state index in [1.165, 1.54) is 0 Å². The molecule has 0 aliphatic carbocycles. The highest BCUT2D eigenvalue weighted by Gasteiger charge is 2.28. The number of carbonyl (C=O) groups excluding carboxylic acids is 1. The zero-order valence-electron chi connectivity index (χ0n) is 11.8. The Morgan fingerprint density at radius 1 is 1.22 bits per heavy atom. The van der Waals surface area contributed by atoms with Crippen molar-refractivity contribution in [1.82, 2.24) is 15.1 Å². The van der Waals surface area contributed by atoms with Crippen molar-refractivity contribution in [3.63, 3.8) is 0 Å². The molecule has 18 heavy (non-hydrogen) atoms.